The standard InChI is InChI=1S/C13H18ClNO2/c1-10-4-3-5-12(11(10)2)17-9-8-15-13(16)6-7-14/h3-5H,6-9H2,1-2H3,(H,15,16). The molecule has 0 spiro atoms. The summed E-state index contributed by atoms with van der Waals surface area (Å²) in [6, 6.07) is 5.94. The van der Waals surface area contributed by atoms with Crippen molar-refractivity contribution in [3.63, 3.8) is 0 Å². The van der Waals surface area contributed by atoms with Crippen LogP contribution in [-0.2, 0) is 4.79 Å². The predicted octanol–water partition coefficient (Wildman–Crippen LogP) is 2.43. The smallest absolute Gasteiger partial charge is 0.221 e. The fraction of sp³-hybridized carbons (Fsp3) is 0.462. The van der Waals surface area contributed by atoms with Crippen molar-refractivity contribution in [2.75, 3.05) is 19.0 Å². The van der Waals surface area contributed by atoms with Crippen molar-refractivity contribution < 1.29 is 9.53 Å². The highest BCUT2D eigenvalue weighted by Crippen LogP contribution is 2.20. The van der Waals surface area contributed by atoms with E-state index in [0.29, 0.717) is 25.5 Å². The van der Waals surface area contributed by atoms with Crippen LogP contribution in [0.15, 0.2) is 18.2 Å². The largest absolute Gasteiger partial charge is 0.491 e. The van der Waals surface area contributed by atoms with Crippen LogP contribution in [0.5, 0.6) is 5.75 Å². The molecule has 0 unspecified atom stereocenters. The average molecular weight is 256 g/mol. The monoisotopic (exact) mass is 255 g/mol. The van der Waals surface area contributed by atoms with Gasteiger partial charge in [0.2, 0.25) is 5.91 Å². The number of alkyl halides is 1. The predicted molar refractivity (Wildman–Crippen MR) is 69.8 cm³/mol. The average Bonchev–Trinajstić information content (AvgIpc) is 2.30. The van der Waals surface area contributed by atoms with Gasteiger partial charge in [-0.1, -0.05) is 12.1 Å². The number of hydrogen-bond acceptors (Lipinski definition) is 2. The molecule has 0 heterocycles. The maximum Gasteiger partial charge on any atom is 0.221 e. The van der Waals surface area contributed by atoms with Gasteiger partial charge in [-0.05, 0) is 31.0 Å². The zero-order valence-corrected chi connectivity index (χ0v) is 11.0. The van der Waals surface area contributed by atoms with E-state index in [1.54, 1.807) is 0 Å². The van der Waals surface area contributed by atoms with Gasteiger partial charge in [-0.2, -0.15) is 0 Å². The van der Waals surface area contributed by atoms with E-state index in [9.17, 15) is 4.79 Å². The number of ether oxygens (including phenoxy) is 1. The molecule has 3 nitrogen and oxygen atoms in total. The van der Waals surface area contributed by atoms with Crippen LogP contribution in [0.3, 0.4) is 0 Å². The number of benzene rings is 1. The molecule has 1 aromatic rings. The maximum absolute atomic E-state index is 11.1. The fourth-order valence-electron chi connectivity index (χ4n) is 1.41. The van der Waals surface area contributed by atoms with E-state index in [1.807, 2.05) is 32.0 Å². The Bertz CT molecular complexity index is 380. The molecule has 0 aliphatic heterocycles. The van der Waals surface area contributed by atoms with Crippen molar-refractivity contribution >= 4 is 17.5 Å². The van der Waals surface area contributed by atoms with Gasteiger partial charge < -0.3 is 10.1 Å². The van der Waals surface area contributed by atoms with Gasteiger partial charge in [0, 0.05) is 12.3 Å². The second-order valence-corrected chi connectivity index (χ2v) is 4.21. The molecule has 0 atom stereocenters. The van der Waals surface area contributed by atoms with Crippen LogP contribution >= 0.6 is 11.6 Å². The summed E-state index contributed by atoms with van der Waals surface area (Å²) in [7, 11) is 0. The van der Waals surface area contributed by atoms with Crippen molar-refractivity contribution in [1.29, 1.82) is 0 Å². The number of rotatable bonds is 6. The van der Waals surface area contributed by atoms with E-state index in [4.69, 9.17) is 16.3 Å². The SMILES string of the molecule is Cc1cccc(OCCNC(=O)CCCl)c1C. The Morgan fingerprint density at radius 3 is 2.88 bits per heavy atom. The first-order valence-electron chi connectivity index (χ1n) is 5.67. The fourth-order valence-corrected chi connectivity index (χ4v) is 1.58. The number of nitrogens with one attached hydrogen (secondary N) is 1. The quantitative estimate of drug-likeness (QED) is 0.626. The van der Waals surface area contributed by atoms with E-state index >= 15 is 0 Å². The number of halogens is 1. The lowest BCUT2D eigenvalue weighted by Crippen LogP contribution is -2.28. The minimum Gasteiger partial charge on any atom is -0.491 e. The zero-order valence-electron chi connectivity index (χ0n) is 10.3. The lowest BCUT2D eigenvalue weighted by atomic mass is 10.1. The molecular weight excluding hydrogens is 238 g/mol. The Balaban J connectivity index is 2.31. The number of carbonyl (C=O) groups excluding carboxylic acids is 1. The molecule has 0 aliphatic rings. The molecule has 0 saturated carbocycles. The molecular formula is C13H18ClNO2. The summed E-state index contributed by atoms with van der Waals surface area (Å²) in [5.74, 6) is 1.19. The summed E-state index contributed by atoms with van der Waals surface area (Å²) < 4.78 is 5.60. The first-order chi connectivity index (χ1) is 8.15. The van der Waals surface area contributed by atoms with Gasteiger partial charge in [-0.25, -0.2) is 0 Å². The third kappa shape index (κ3) is 4.65. The van der Waals surface area contributed by atoms with Gasteiger partial charge in [-0.15, -0.1) is 11.6 Å². The molecule has 1 rings (SSSR count). The Kier molecular flexibility index (Phi) is 5.84. The van der Waals surface area contributed by atoms with E-state index in [2.05, 4.69) is 5.32 Å². The summed E-state index contributed by atoms with van der Waals surface area (Å²) in [5, 5.41) is 2.74. The Labute approximate surface area is 107 Å². The minimum atomic E-state index is -0.0374. The van der Waals surface area contributed by atoms with Crippen LogP contribution in [0.4, 0.5) is 0 Å². The maximum atomic E-state index is 11.1. The Hall–Kier alpha value is -1.22. The molecule has 0 aliphatic carbocycles. The molecule has 0 bridgehead atoms. The van der Waals surface area contributed by atoms with Crippen molar-refractivity contribution in [3.05, 3.63) is 29.3 Å². The number of amides is 1. The third-order valence-corrected chi connectivity index (χ3v) is 2.75. The first kappa shape index (κ1) is 13.8. The van der Waals surface area contributed by atoms with E-state index in [0.717, 1.165) is 11.3 Å². The van der Waals surface area contributed by atoms with Crippen molar-refractivity contribution in [2.45, 2.75) is 20.3 Å². The van der Waals surface area contributed by atoms with E-state index < -0.39 is 0 Å². The summed E-state index contributed by atoms with van der Waals surface area (Å²) in [6.07, 6.45) is 0.352. The summed E-state index contributed by atoms with van der Waals surface area (Å²) in [5.41, 5.74) is 2.34. The van der Waals surface area contributed by atoms with Crippen LogP contribution in [0.25, 0.3) is 0 Å². The van der Waals surface area contributed by atoms with Crippen LogP contribution in [0.1, 0.15) is 17.5 Å². The summed E-state index contributed by atoms with van der Waals surface area (Å²) in [6.45, 7) is 5.04. The lowest BCUT2D eigenvalue weighted by molar-refractivity contribution is -0.120. The van der Waals surface area contributed by atoms with E-state index in [1.165, 1.54) is 5.56 Å². The molecule has 94 valence electrons. The molecule has 1 aromatic carbocycles. The summed E-state index contributed by atoms with van der Waals surface area (Å²) >= 11 is 5.45. The van der Waals surface area contributed by atoms with Crippen LogP contribution in [0.2, 0.25) is 0 Å². The second-order valence-electron chi connectivity index (χ2n) is 3.84. The normalized spacial score (nSPS) is 10.1. The number of aryl methyl sites for hydroxylation is 1. The van der Waals surface area contributed by atoms with Crippen molar-refractivity contribution in [1.82, 2.24) is 5.32 Å². The van der Waals surface area contributed by atoms with Crippen molar-refractivity contribution in [3.8, 4) is 5.75 Å². The summed E-state index contributed by atoms with van der Waals surface area (Å²) in [4.78, 5) is 11.1. The van der Waals surface area contributed by atoms with Crippen molar-refractivity contribution in [2.24, 2.45) is 0 Å². The van der Waals surface area contributed by atoms with Crippen LogP contribution in [0, 0.1) is 13.8 Å². The molecule has 1 N–H and O–H groups in total. The van der Waals surface area contributed by atoms with Crippen LogP contribution in [-0.4, -0.2) is 24.9 Å². The highest BCUT2D eigenvalue weighted by atomic mass is 35.5. The highest BCUT2D eigenvalue weighted by molar-refractivity contribution is 6.18. The second kappa shape index (κ2) is 7.17. The molecule has 0 fully saturated rings. The molecule has 4 heteroatoms. The Morgan fingerprint density at radius 1 is 1.41 bits per heavy atom. The molecule has 1 amide bonds. The lowest BCUT2D eigenvalue weighted by Gasteiger charge is -2.11. The van der Waals surface area contributed by atoms with Gasteiger partial charge >= 0.3 is 0 Å². The first-order valence-corrected chi connectivity index (χ1v) is 6.20. The molecule has 0 aromatic heterocycles. The van der Waals surface area contributed by atoms with Gasteiger partial charge in [0.15, 0.2) is 0 Å². The Morgan fingerprint density at radius 2 is 2.18 bits per heavy atom. The zero-order chi connectivity index (χ0) is 12.7. The highest BCUT2D eigenvalue weighted by Gasteiger charge is 2.02. The third-order valence-electron chi connectivity index (χ3n) is 2.56. The van der Waals surface area contributed by atoms with Gasteiger partial charge in [0.1, 0.15) is 12.4 Å². The number of hydrogen-bond donors (Lipinski definition) is 1. The minimum absolute atomic E-state index is 0.0374. The van der Waals surface area contributed by atoms with Gasteiger partial charge in [0.05, 0.1) is 6.54 Å². The van der Waals surface area contributed by atoms with E-state index in [-0.39, 0.29) is 5.91 Å². The topological polar surface area (TPSA) is 38.3 Å². The molecule has 0 saturated heterocycles. The van der Waals surface area contributed by atoms with Gasteiger partial charge in [-0.3, -0.25) is 4.79 Å². The molecule has 17 heavy (non-hydrogen) atoms. The number of carbonyl (C=O) groups is 1. The van der Waals surface area contributed by atoms with Gasteiger partial charge in [0.25, 0.3) is 0 Å². The molecule has 0 radical (unpaired) electrons. The van der Waals surface area contributed by atoms with Crippen LogP contribution < -0.4 is 10.1 Å².